The van der Waals surface area contributed by atoms with E-state index < -0.39 is 0 Å². The number of anilines is 1. The first kappa shape index (κ1) is 19.8. The van der Waals surface area contributed by atoms with Gasteiger partial charge in [0.25, 0.3) is 0 Å². The second-order valence-electron chi connectivity index (χ2n) is 6.98. The standard InChI is InChI=1S/C23H19N3O3S2/c1-14(21(27)26-16-7-8-18-19(11-16)29-10-9-28-18)31-23-20-17(15-5-3-2-4-6-15)12-30-22(20)24-13-25-23/h2-8,11-14H,9-10H2,1H3,(H,26,27)/t14-/m0/s1. The number of fused-ring (bicyclic) bond motifs is 2. The molecule has 8 heteroatoms. The summed E-state index contributed by atoms with van der Waals surface area (Å²) in [5, 5.41) is 6.50. The number of hydrogen-bond acceptors (Lipinski definition) is 7. The van der Waals surface area contributed by atoms with Gasteiger partial charge in [-0.3, -0.25) is 4.79 Å². The van der Waals surface area contributed by atoms with E-state index in [0.29, 0.717) is 30.4 Å². The molecule has 1 N–H and O–H groups in total. The lowest BCUT2D eigenvalue weighted by molar-refractivity contribution is -0.115. The molecular weight excluding hydrogens is 430 g/mol. The summed E-state index contributed by atoms with van der Waals surface area (Å²) in [4.78, 5) is 22.7. The highest BCUT2D eigenvalue weighted by molar-refractivity contribution is 8.00. The van der Waals surface area contributed by atoms with E-state index in [2.05, 4.69) is 32.8 Å². The van der Waals surface area contributed by atoms with E-state index in [-0.39, 0.29) is 11.2 Å². The number of nitrogens with zero attached hydrogens (tertiary/aromatic N) is 2. The summed E-state index contributed by atoms with van der Waals surface area (Å²) in [5.41, 5.74) is 2.87. The molecule has 6 nitrogen and oxygen atoms in total. The molecule has 0 unspecified atom stereocenters. The van der Waals surface area contributed by atoms with Crippen LogP contribution in [-0.4, -0.2) is 34.3 Å². The monoisotopic (exact) mass is 449 g/mol. The van der Waals surface area contributed by atoms with E-state index in [4.69, 9.17) is 9.47 Å². The van der Waals surface area contributed by atoms with Crippen LogP contribution in [-0.2, 0) is 4.79 Å². The maximum absolute atomic E-state index is 12.9. The Bertz CT molecular complexity index is 1240. The number of carbonyl (C=O) groups excluding carboxylic acids is 1. The van der Waals surface area contributed by atoms with Gasteiger partial charge in [0.05, 0.1) is 10.6 Å². The number of benzene rings is 2. The van der Waals surface area contributed by atoms with Crippen LogP contribution in [0.15, 0.2) is 65.3 Å². The van der Waals surface area contributed by atoms with Crippen molar-refractivity contribution in [1.82, 2.24) is 9.97 Å². The Morgan fingerprint density at radius 3 is 2.74 bits per heavy atom. The molecule has 156 valence electrons. The number of thiophene rings is 1. The number of rotatable bonds is 5. The largest absolute Gasteiger partial charge is 0.486 e. The van der Waals surface area contributed by atoms with Crippen molar-refractivity contribution in [2.24, 2.45) is 0 Å². The Labute approximate surface area is 187 Å². The van der Waals surface area contributed by atoms with Crippen molar-refractivity contribution in [2.75, 3.05) is 18.5 Å². The van der Waals surface area contributed by atoms with Gasteiger partial charge in [0, 0.05) is 22.7 Å². The summed E-state index contributed by atoms with van der Waals surface area (Å²) in [6.45, 7) is 2.92. The van der Waals surface area contributed by atoms with Gasteiger partial charge in [-0.1, -0.05) is 42.1 Å². The summed E-state index contributed by atoms with van der Waals surface area (Å²) in [5.74, 6) is 1.23. The van der Waals surface area contributed by atoms with Gasteiger partial charge in [-0.15, -0.1) is 11.3 Å². The summed E-state index contributed by atoms with van der Waals surface area (Å²) in [6.07, 6.45) is 1.56. The predicted octanol–water partition coefficient (Wildman–Crippen LogP) is 5.25. The number of aromatic nitrogens is 2. The molecule has 2 aromatic carbocycles. The molecule has 0 bridgehead atoms. The van der Waals surface area contributed by atoms with Crippen LogP contribution in [0.4, 0.5) is 5.69 Å². The van der Waals surface area contributed by atoms with Crippen LogP contribution in [0, 0.1) is 0 Å². The Morgan fingerprint density at radius 2 is 1.90 bits per heavy atom. The molecule has 0 spiro atoms. The lowest BCUT2D eigenvalue weighted by Gasteiger charge is -2.19. The van der Waals surface area contributed by atoms with Crippen LogP contribution in [0.1, 0.15) is 6.92 Å². The van der Waals surface area contributed by atoms with Crippen molar-refractivity contribution >= 4 is 44.9 Å². The Hall–Kier alpha value is -3.10. The molecule has 0 saturated heterocycles. The quantitative estimate of drug-likeness (QED) is 0.331. The van der Waals surface area contributed by atoms with Crippen molar-refractivity contribution in [3.8, 4) is 22.6 Å². The van der Waals surface area contributed by atoms with Gasteiger partial charge in [-0.05, 0) is 24.6 Å². The summed E-state index contributed by atoms with van der Waals surface area (Å²) in [6, 6.07) is 15.6. The zero-order valence-electron chi connectivity index (χ0n) is 16.7. The third-order valence-corrected chi connectivity index (χ3v) is 6.87. The van der Waals surface area contributed by atoms with E-state index in [9.17, 15) is 4.79 Å². The van der Waals surface area contributed by atoms with Crippen molar-refractivity contribution in [2.45, 2.75) is 17.2 Å². The second kappa shape index (κ2) is 8.56. The van der Waals surface area contributed by atoms with Gasteiger partial charge in [-0.2, -0.15) is 0 Å². The van der Waals surface area contributed by atoms with E-state index in [1.54, 1.807) is 23.7 Å². The summed E-state index contributed by atoms with van der Waals surface area (Å²) < 4.78 is 11.1. The average Bonchev–Trinajstić information content (AvgIpc) is 3.25. The lowest BCUT2D eigenvalue weighted by Crippen LogP contribution is -2.23. The highest BCUT2D eigenvalue weighted by Crippen LogP contribution is 2.39. The molecule has 4 aromatic rings. The Balaban J connectivity index is 1.37. The molecule has 1 atom stereocenters. The van der Waals surface area contributed by atoms with Gasteiger partial charge in [-0.25, -0.2) is 9.97 Å². The molecule has 3 heterocycles. The van der Waals surface area contributed by atoms with Gasteiger partial charge < -0.3 is 14.8 Å². The van der Waals surface area contributed by atoms with E-state index >= 15 is 0 Å². The van der Waals surface area contributed by atoms with Crippen LogP contribution in [0.5, 0.6) is 11.5 Å². The lowest BCUT2D eigenvalue weighted by atomic mass is 10.1. The van der Waals surface area contributed by atoms with Gasteiger partial charge in [0.1, 0.15) is 29.4 Å². The number of carbonyl (C=O) groups is 1. The predicted molar refractivity (Wildman–Crippen MR) is 124 cm³/mol. The number of ether oxygens (including phenoxy) is 2. The highest BCUT2D eigenvalue weighted by atomic mass is 32.2. The maximum atomic E-state index is 12.9. The molecule has 31 heavy (non-hydrogen) atoms. The van der Waals surface area contributed by atoms with Crippen LogP contribution in [0.2, 0.25) is 0 Å². The third-order valence-electron chi connectivity index (χ3n) is 4.89. The number of nitrogens with one attached hydrogen (secondary N) is 1. The first-order chi connectivity index (χ1) is 15.2. The minimum absolute atomic E-state index is 0.107. The highest BCUT2D eigenvalue weighted by Gasteiger charge is 2.21. The van der Waals surface area contributed by atoms with E-state index in [0.717, 1.165) is 26.4 Å². The van der Waals surface area contributed by atoms with Crippen LogP contribution < -0.4 is 14.8 Å². The molecule has 0 saturated carbocycles. The smallest absolute Gasteiger partial charge is 0.237 e. The van der Waals surface area contributed by atoms with Gasteiger partial charge >= 0.3 is 0 Å². The van der Waals surface area contributed by atoms with Crippen molar-refractivity contribution in [3.63, 3.8) is 0 Å². The summed E-state index contributed by atoms with van der Waals surface area (Å²) in [7, 11) is 0. The molecule has 0 aliphatic carbocycles. The molecule has 1 aliphatic heterocycles. The fraction of sp³-hybridized carbons (Fsp3) is 0.174. The first-order valence-electron chi connectivity index (χ1n) is 9.84. The van der Waals surface area contributed by atoms with Crippen molar-refractivity contribution in [1.29, 1.82) is 0 Å². The topological polar surface area (TPSA) is 73.3 Å². The molecular formula is C23H19N3O3S2. The zero-order chi connectivity index (χ0) is 21.2. The minimum Gasteiger partial charge on any atom is -0.486 e. The van der Waals surface area contributed by atoms with E-state index in [1.807, 2.05) is 37.3 Å². The van der Waals surface area contributed by atoms with Gasteiger partial charge in [0.15, 0.2) is 11.5 Å². The number of thioether (sulfide) groups is 1. The molecule has 2 aromatic heterocycles. The SMILES string of the molecule is C[C@H](Sc1ncnc2scc(-c3ccccc3)c12)C(=O)Nc1ccc2c(c1)OCCO2. The summed E-state index contributed by atoms with van der Waals surface area (Å²) >= 11 is 3.01. The third kappa shape index (κ3) is 4.08. The Kier molecular flexibility index (Phi) is 5.48. The van der Waals surface area contributed by atoms with Crippen molar-refractivity contribution in [3.05, 3.63) is 60.2 Å². The number of amides is 1. The molecule has 5 rings (SSSR count). The zero-order valence-corrected chi connectivity index (χ0v) is 18.3. The average molecular weight is 450 g/mol. The fourth-order valence-corrected chi connectivity index (χ4v) is 5.27. The molecule has 1 aliphatic rings. The number of hydrogen-bond donors (Lipinski definition) is 1. The van der Waals surface area contributed by atoms with Crippen LogP contribution in [0.25, 0.3) is 21.3 Å². The van der Waals surface area contributed by atoms with Gasteiger partial charge in [0.2, 0.25) is 5.91 Å². The molecule has 0 radical (unpaired) electrons. The molecule has 0 fully saturated rings. The normalized spacial score (nSPS) is 13.7. The second-order valence-corrected chi connectivity index (χ2v) is 9.17. The minimum atomic E-state index is -0.352. The Morgan fingerprint density at radius 1 is 1.10 bits per heavy atom. The van der Waals surface area contributed by atoms with Crippen molar-refractivity contribution < 1.29 is 14.3 Å². The van der Waals surface area contributed by atoms with Crippen LogP contribution in [0.3, 0.4) is 0 Å². The fourth-order valence-electron chi connectivity index (χ4n) is 3.35. The molecule has 1 amide bonds. The first-order valence-corrected chi connectivity index (χ1v) is 11.6. The van der Waals surface area contributed by atoms with Crippen LogP contribution >= 0.6 is 23.1 Å². The maximum Gasteiger partial charge on any atom is 0.237 e. The van der Waals surface area contributed by atoms with E-state index in [1.165, 1.54) is 11.8 Å².